The SMILES string of the molecule is COCCN(CC(=O)O)C(=O)N1CC(CO)OC(C)(C)C1. The van der Waals surface area contributed by atoms with Gasteiger partial charge in [-0.15, -0.1) is 0 Å². The lowest BCUT2D eigenvalue weighted by Crippen LogP contribution is -2.59. The van der Waals surface area contributed by atoms with Gasteiger partial charge < -0.3 is 29.5 Å². The van der Waals surface area contributed by atoms with Crippen LogP contribution in [-0.2, 0) is 14.3 Å². The Hall–Kier alpha value is -1.38. The van der Waals surface area contributed by atoms with E-state index in [1.807, 2.05) is 13.8 Å². The first-order valence-corrected chi connectivity index (χ1v) is 6.82. The summed E-state index contributed by atoms with van der Waals surface area (Å²) in [6, 6.07) is -0.385. The Morgan fingerprint density at radius 2 is 2.14 bits per heavy atom. The van der Waals surface area contributed by atoms with Crippen molar-refractivity contribution in [2.45, 2.75) is 25.6 Å². The molecule has 2 N–H and O–H groups in total. The monoisotopic (exact) mass is 304 g/mol. The molecule has 0 aliphatic carbocycles. The molecule has 2 amide bonds. The van der Waals surface area contributed by atoms with Gasteiger partial charge in [-0.05, 0) is 13.8 Å². The summed E-state index contributed by atoms with van der Waals surface area (Å²) in [4.78, 5) is 26.1. The Labute approximate surface area is 124 Å². The summed E-state index contributed by atoms with van der Waals surface area (Å²) in [6.45, 7) is 4.11. The zero-order chi connectivity index (χ0) is 16.0. The van der Waals surface area contributed by atoms with Crippen molar-refractivity contribution < 1.29 is 29.3 Å². The Morgan fingerprint density at radius 1 is 1.48 bits per heavy atom. The zero-order valence-electron chi connectivity index (χ0n) is 12.7. The molecule has 0 aromatic heterocycles. The van der Waals surface area contributed by atoms with Crippen LogP contribution in [0, 0.1) is 0 Å². The molecule has 1 fully saturated rings. The number of carboxylic acids is 1. The highest BCUT2D eigenvalue weighted by Crippen LogP contribution is 2.21. The molecule has 8 nitrogen and oxygen atoms in total. The van der Waals surface area contributed by atoms with E-state index in [1.165, 1.54) is 16.9 Å². The summed E-state index contributed by atoms with van der Waals surface area (Å²) in [5, 5.41) is 18.2. The van der Waals surface area contributed by atoms with Gasteiger partial charge in [-0.3, -0.25) is 4.79 Å². The summed E-state index contributed by atoms with van der Waals surface area (Å²) < 4.78 is 10.5. The maximum atomic E-state index is 12.5. The van der Waals surface area contributed by atoms with Crippen molar-refractivity contribution in [1.82, 2.24) is 9.80 Å². The third kappa shape index (κ3) is 5.49. The number of nitrogens with zero attached hydrogens (tertiary/aromatic N) is 2. The largest absolute Gasteiger partial charge is 0.480 e. The van der Waals surface area contributed by atoms with Crippen LogP contribution in [0.5, 0.6) is 0 Å². The molecule has 1 aliphatic rings. The van der Waals surface area contributed by atoms with Gasteiger partial charge in [-0.2, -0.15) is 0 Å². The second kappa shape index (κ2) is 7.58. The van der Waals surface area contributed by atoms with E-state index in [2.05, 4.69) is 0 Å². The van der Waals surface area contributed by atoms with Crippen LogP contribution in [0.25, 0.3) is 0 Å². The number of hydrogen-bond acceptors (Lipinski definition) is 5. The van der Waals surface area contributed by atoms with E-state index >= 15 is 0 Å². The maximum Gasteiger partial charge on any atom is 0.323 e. The molecule has 1 atom stereocenters. The van der Waals surface area contributed by atoms with E-state index < -0.39 is 17.7 Å². The quantitative estimate of drug-likeness (QED) is 0.693. The number of carbonyl (C=O) groups is 2. The topological polar surface area (TPSA) is 99.5 Å². The third-order valence-electron chi connectivity index (χ3n) is 3.12. The van der Waals surface area contributed by atoms with Crippen molar-refractivity contribution in [1.29, 1.82) is 0 Å². The number of aliphatic hydroxyl groups is 1. The Balaban J connectivity index is 2.78. The smallest absolute Gasteiger partial charge is 0.323 e. The average Bonchev–Trinajstić information content (AvgIpc) is 2.40. The number of ether oxygens (including phenoxy) is 2. The lowest BCUT2D eigenvalue weighted by atomic mass is 10.1. The first kappa shape index (κ1) is 17.7. The van der Waals surface area contributed by atoms with Gasteiger partial charge >= 0.3 is 12.0 Å². The minimum absolute atomic E-state index is 0.190. The second-order valence-corrected chi connectivity index (χ2v) is 5.65. The number of morpholine rings is 1. The highest BCUT2D eigenvalue weighted by molar-refractivity contribution is 5.80. The normalized spacial score (nSPS) is 21.1. The van der Waals surface area contributed by atoms with E-state index in [-0.39, 0.29) is 38.9 Å². The molecule has 1 saturated heterocycles. The molecule has 0 spiro atoms. The Morgan fingerprint density at radius 3 is 2.67 bits per heavy atom. The molecule has 0 aromatic carbocycles. The van der Waals surface area contributed by atoms with E-state index in [1.54, 1.807) is 0 Å². The second-order valence-electron chi connectivity index (χ2n) is 5.65. The fourth-order valence-electron chi connectivity index (χ4n) is 2.34. The summed E-state index contributed by atoms with van der Waals surface area (Å²) in [6.07, 6.45) is -0.466. The van der Waals surface area contributed by atoms with Crippen LogP contribution in [0.3, 0.4) is 0 Å². The van der Waals surface area contributed by atoms with Crippen molar-refractivity contribution in [2.75, 3.05) is 46.5 Å². The standard InChI is InChI=1S/C13H24N2O6/c1-13(2)9-15(6-10(8-16)21-13)12(19)14(4-5-20-3)7-11(17)18/h10,16H,4-9H2,1-3H3,(H,17,18). The predicted molar refractivity (Wildman–Crippen MR) is 74.1 cm³/mol. The Kier molecular flexibility index (Phi) is 6.38. The molecule has 1 rings (SSSR count). The van der Waals surface area contributed by atoms with Crippen LogP contribution in [0.15, 0.2) is 0 Å². The summed E-state index contributed by atoms with van der Waals surface area (Å²) in [5.74, 6) is -1.08. The molecule has 122 valence electrons. The van der Waals surface area contributed by atoms with Crippen molar-refractivity contribution >= 4 is 12.0 Å². The summed E-state index contributed by atoms with van der Waals surface area (Å²) in [5.41, 5.74) is -0.586. The molecular weight excluding hydrogens is 280 g/mol. The number of methoxy groups -OCH3 is 1. The number of aliphatic hydroxyl groups excluding tert-OH is 1. The summed E-state index contributed by atoms with van der Waals surface area (Å²) >= 11 is 0. The fraction of sp³-hybridized carbons (Fsp3) is 0.846. The maximum absolute atomic E-state index is 12.5. The molecule has 1 aliphatic heterocycles. The Bertz CT molecular complexity index is 374. The van der Waals surface area contributed by atoms with Crippen LogP contribution >= 0.6 is 0 Å². The van der Waals surface area contributed by atoms with Gasteiger partial charge in [-0.25, -0.2) is 4.79 Å². The molecule has 0 aromatic rings. The number of carbonyl (C=O) groups excluding carboxylic acids is 1. The van der Waals surface area contributed by atoms with Crippen LogP contribution in [-0.4, -0.2) is 90.2 Å². The number of rotatable bonds is 6. The number of aliphatic carboxylic acids is 1. The molecule has 0 radical (unpaired) electrons. The highest BCUT2D eigenvalue weighted by Gasteiger charge is 2.37. The molecule has 0 bridgehead atoms. The molecular formula is C13H24N2O6. The molecule has 1 unspecified atom stereocenters. The van der Waals surface area contributed by atoms with Crippen LogP contribution in [0.1, 0.15) is 13.8 Å². The number of amides is 2. The highest BCUT2D eigenvalue weighted by atomic mass is 16.5. The van der Waals surface area contributed by atoms with Gasteiger partial charge in [0.25, 0.3) is 0 Å². The van der Waals surface area contributed by atoms with Gasteiger partial charge in [0.1, 0.15) is 6.54 Å². The number of urea groups is 1. The first-order chi connectivity index (χ1) is 9.79. The lowest BCUT2D eigenvalue weighted by Gasteiger charge is -2.43. The predicted octanol–water partition coefficient (Wildman–Crippen LogP) is -0.389. The van der Waals surface area contributed by atoms with Gasteiger partial charge in [0.05, 0.1) is 38.0 Å². The number of carboxylic acid groups (broad SMARTS) is 1. The molecule has 1 heterocycles. The molecule has 0 saturated carbocycles. The van der Waals surface area contributed by atoms with Crippen molar-refractivity contribution in [2.24, 2.45) is 0 Å². The van der Waals surface area contributed by atoms with Gasteiger partial charge in [0.15, 0.2) is 0 Å². The van der Waals surface area contributed by atoms with Crippen molar-refractivity contribution in [3.63, 3.8) is 0 Å². The van der Waals surface area contributed by atoms with E-state index in [9.17, 15) is 14.7 Å². The average molecular weight is 304 g/mol. The lowest BCUT2D eigenvalue weighted by molar-refractivity contribution is -0.143. The van der Waals surface area contributed by atoms with E-state index in [0.717, 1.165) is 0 Å². The van der Waals surface area contributed by atoms with Gasteiger partial charge in [0, 0.05) is 13.7 Å². The fourth-order valence-corrected chi connectivity index (χ4v) is 2.34. The van der Waals surface area contributed by atoms with Gasteiger partial charge in [0.2, 0.25) is 0 Å². The summed E-state index contributed by atoms with van der Waals surface area (Å²) in [7, 11) is 1.49. The van der Waals surface area contributed by atoms with Gasteiger partial charge in [-0.1, -0.05) is 0 Å². The van der Waals surface area contributed by atoms with E-state index in [4.69, 9.17) is 14.6 Å². The zero-order valence-corrected chi connectivity index (χ0v) is 12.7. The minimum atomic E-state index is -1.08. The minimum Gasteiger partial charge on any atom is -0.480 e. The number of hydrogen-bond donors (Lipinski definition) is 2. The van der Waals surface area contributed by atoms with Crippen LogP contribution < -0.4 is 0 Å². The van der Waals surface area contributed by atoms with Crippen molar-refractivity contribution in [3.8, 4) is 0 Å². The molecule has 21 heavy (non-hydrogen) atoms. The third-order valence-corrected chi connectivity index (χ3v) is 3.12. The van der Waals surface area contributed by atoms with Crippen LogP contribution in [0.2, 0.25) is 0 Å². The van der Waals surface area contributed by atoms with Crippen molar-refractivity contribution in [3.05, 3.63) is 0 Å². The molecule has 8 heteroatoms. The van der Waals surface area contributed by atoms with Crippen LogP contribution in [0.4, 0.5) is 4.79 Å². The first-order valence-electron chi connectivity index (χ1n) is 6.82. The van der Waals surface area contributed by atoms with E-state index in [0.29, 0.717) is 6.54 Å².